The predicted molar refractivity (Wildman–Crippen MR) is 107 cm³/mol. The maximum atomic E-state index is 12.9. The quantitative estimate of drug-likeness (QED) is 0.739. The van der Waals surface area contributed by atoms with Gasteiger partial charge in [-0.1, -0.05) is 11.2 Å². The standard InChI is InChI=1S/C21H23F3N4O2/c1-14-11-27(13-25-14)18-6-5-15(9-19(18)29-2)8-16-4-3-7-28-17(10-21(22,23)24)12-30-26-20(16)28/h5-6,8-9,11,13,17H,3-4,7,10,12H2,1-2H3. The molecule has 2 aromatic rings. The number of oxime groups is 1. The first-order valence-corrected chi connectivity index (χ1v) is 9.77. The summed E-state index contributed by atoms with van der Waals surface area (Å²) in [4.78, 5) is 11.1. The van der Waals surface area contributed by atoms with Gasteiger partial charge >= 0.3 is 6.18 Å². The van der Waals surface area contributed by atoms with E-state index in [1.807, 2.05) is 42.0 Å². The number of aryl methyl sites for hydroxylation is 1. The average Bonchev–Trinajstić information content (AvgIpc) is 3.13. The van der Waals surface area contributed by atoms with E-state index in [0.29, 0.717) is 18.1 Å². The molecule has 9 heteroatoms. The van der Waals surface area contributed by atoms with Crippen molar-refractivity contribution in [3.05, 3.63) is 47.6 Å². The van der Waals surface area contributed by atoms with Crippen LogP contribution in [0.15, 0.2) is 41.5 Å². The van der Waals surface area contributed by atoms with E-state index in [0.717, 1.165) is 35.4 Å². The number of hydrogen-bond donors (Lipinski definition) is 0. The minimum atomic E-state index is -4.24. The van der Waals surface area contributed by atoms with E-state index in [1.54, 1.807) is 18.3 Å². The summed E-state index contributed by atoms with van der Waals surface area (Å²) in [6.45, 7) is 2.40. The van der Waals surface area contributed by atoms with Crippen molar-refractivity contribution in [2.45, 2.75) is 38.4 Å². The molecule has 0 amide bonds. The largest absolute Gasteiger partial charge is 0.495 e. The van der Waals surface area contributed by atoms with E-state index in [4.69, 9.17) is 9.57 Å². The van der Waals surface area contributed by atoms with E-state index in [1.165, 1.54) is 0 Å². The fraction of sp³-hybridized carbons (Fsp3) is 0.429. The SMILES string of the molecule is COc1cc(C=C2CCCN3C2=NOCC3CC(F)(F)F)ccc1-n1cnc(C)c1. The lowest BCUT2D eigenvalue weighted by molar-refractivity contribution is -0.151. The number of hydrogen-bond acceptors (Lipinski definition) is 5. The third-order valence-electron chi connectivity index (χ3n) is 5.26. The van der Waals surface area contributed by atoms with Crippen molar-refractivity contribution in [3.63, 3.8) is 0 Å². The lowest BCUT2D eigenvalue weighted by atomic mass is 9.97. The van der Waals surface area contributed by atoms with Crippen molar-refractivity contribution < 1.29 is 22.7 Å². The van der Waals surface area contributed by atoms with Gasteiger partial charge in [-0.05, 0) is 49.1 Å². The topological polar surface area (TPSA) is 51.9 Å². The Morgan fingerprint density at radius 3 is 2.87 bits per heavy atom. The number of ether oxygens (including phenoxy) is 1. The third-order valence-corrected chi connectivity index (χ3v) is 5.26. The first kappa shape index (κ1) is 20.3. The minimum Gasteiger partial charge on any atom is -0.495 e. The Balaban J connectivity index is 1.62. The number of fused-ring (bicyclic) bond motifs is 1. The molecule has 2 aliphatic heterocycles. The van der Waals surface area contributed by atoms with Crippen molar-refractivity contribution >= 4 is 11.9 Å². The molecule has 1 fully saturated rings. The maximum Gasteiger partial charge on any atom is 0.391 e. The Morgan fingerprint density at radius 1 is 1.33 bits per heavy atom. The molecule has 0 spiro atoms. The molecule has 2 aliphatic rings. The Labute approximate surface area is 172 Å². The Kier molecular flexibility index (Phi) is 5.44. The van der Waals surface area contributed by atoms with Gasteiger partial charge in [-0.3, -0.25) is 0 Å². The highest BCUT2D eigenvalue weighted by Gasteiger charge is 2.39. The fourth-order valence-electron chi connectivity index (χ4n) is 3.91. The monoisotopic (exact) mass is 420 g/mol. The lowest BCUT2D eigenvalue weighted by Crippen LogP contribution is -2.50. The predicted octanol–water partition coefficient (Wildman–Crippen LogP) is 4.33. The lowest BCUT2D eigenvalue weighted by Gasteiger charge is -2.40. The normalized spacial score (nSPS) is 20.6. The fourth-order valence-corrected chi connectivity index (χ4v) is 3.91. The van der Waals surface area contributed by atoms with Crippen LogP contribution in [-0.2, 0) is 4.84 Å². The van der Waals surface area contributed by atoms with Gasteiger partial charge in [-0.2, -0.15) is 13.2 Å². The zero-order valence-corrected chi connectivity index (χ0v) is 16.8. The summed E-state index contributed by atoms with van der Waals surface area (Å²) >= 11 is 0. The molecular weight excluding hydrogens is 397 g/mol. The summed E-state index contributed by atoms with van der Waals surface area (Å²) in [7, 11) is 1.60. The first-order chi connectivity index (χ1) is 14.3. The number of halogens is 3. The summed E-state index contributed by atoms with van der Waals surface area (Å²) in [5.74, 6) is 1.17. The molecule has 0 bridgehead atoms. The average molecular weight is 420 g/mol. The van der Waals surface area contributed by atoms with Crippen LogP contribution in [0, 0.1) is 6.92 Å². The van der Waals surface area contributed by atoms with Gasteiger partial charge in [0, 0.05) is 12.7 Å². The second-order valence-electron chi connectivity index (χ2n) is 7.50. The van der Waals surface area contributed by atoms with Crippen LogP contribution in [0.25, 0.3) is 11.8 Å². The van der Waals surface area contributed by atoms with Crippen molar-refractivity contribution in [2.24, 2.45) is 5.16 Å². The highest BCUT2D eigenvalue weighted by molar-refractivity contribution is 6.02. The van der Waals surface area contributed by atoms with Gasteiger partial charge in [0.15, 0.2) is 5.84 Å². The van der Waals surface area contributed by atoms with E-state index in [2.05, 4.69) is 10.1 Å². The Morgan fingerprint density at radius 2 is 2.17 bits per heavy atom. The van der Waals surface area contributed by atoms with Gasteiger partial charge in [0.05, 0.1) is 37.3 Å². The van der Waals surface area contributed by atoms with E-state index in [9.17, 15) is 13.2 Å². The molecule has 160 valence electrons. The maximum absolute atomic E-state index is 12.9. The molecule has 30 heavy (non-hydrogen) atoms. The number of methoxy groups -OCH3 is 1. The molecule has 1 saturated heterocycles. The first-order valence-electron chi connectivity index (χ1n) is 9.77. The molecule has 1 aromatic heterocycles. The zero-order chi connectivity index (χ0) is 21.3. The van der Waals surface area contributed by atoms with Crippen LogP contribution >= 0.6 is 0 Å². The highest BCUT2D eigenvalue weighted by atomic mass is 19.4. The van der Waals surface area contributed by atoms with Crippen LogP contribution in [-0.4, -0.2) is 52.8 Å². The molecule has 0 N–H and O–H groups in total. The molecule has 0 saturated carbocycles. The number of piperidine rings is 1. The number of aromatic nitrogens is 2. The van der Waals surface area contributed by atoms with Crippen molar-refractivity contribution in [1.82, 2.24) is 14.5 Å². The third kappa shape index (κ3) is 4.29. The highest BCUT2D eigenvalue weighted by Crippen LogP contribution is 2.32. The van der Waals surface area contributed by atoms with Crippen LogP contribution < -0.4 is 4.74 Å². The number of nitrogens with zero attached hydrogens (tertiary/aromatic N) is 4. The summed E-state index contributed by atoms with van der Waals surface area (Å²) in [6, 6.07) is 5.02. The number of amidine groups is 1. The van der Waals surface area contributed by atoms with Gasteiger partial charge in [0.25, 0.3) is 0 Å². The molecule has 1 aromatic carbocycles. The number of benzene rings is 1. The zero-order valence-electron chi connectivity index (χ0n) is 16.8. The second kappa shape index (κ2) is 8.04. The van der Waals surface area contributed by atoms with Gasteiger partial charge in [-0.15, -0.1) is 0 Å². The summed E-state index contributed by atoms with van der Waals surface area (Å²) in [6.07, 6.45) is 1.91. The molecule has 1 unspecified atom stereocenters. The molecule has 0 aliphatic carbocycles. The van der Waals surface area contributed by atoms with Crippen LogP contribution in [0.3, 0.4) is 0 Å². The number of rotatable bonds is 4. The van der Waals surface area contributed by atoms with E-state index in [-0.39, 0.29) is 6.61 Å². The molecular formula is C21H23F3N4O2. The summed E-state index contributed by atoms with van der Waals surface area (Å²) < 4.78 is 46.3. The Hall–Kier alpha value is -2.97. The van der Waals surface area contributed by atoms with E-state index >= 15 is 0 Å². The molecule has 1 atom stereocenters. The van der Waals surface area contributed by atoms with Crippen LogP contribution in [0.1, 0.15) is 30.5 Å². The summed E-state index contributed by atoms with van der Waals surface area (Å²) in [5, 5.41) is 4.08. The molecule has 3 heterocycles. The second-order valence-corrected chi connectivity index (χ2v) is 7.50. The van der Waals surface area contributed by atoms with Crippen molar-refractivity contribution in [2.75, 3.05) is 20.3 Å². The molecule has 0 radical (unpaired) electrons. The van der Waals surface area contributed by atoms with Gasteiger partial charge in [-0.25, -0.2) is 4.98 Å². The summed E-state index contributed by atoms with van der Waals surface area (Å²) in [5.41, 5.74) is 3.50. The van der Waals surface area contributed by atoms with Gasteiger partial charge in [0.1, 0.15) is 12.4 Å². The Bertz CT molecular complexity index is 981. The molecule has 4 rings (SSSR count). The van der Waals surface area contributed by atoms with Crippen molar-refractivity contribution in [1.29, 1.82) is 0 Å². The smallest absolute Gasteiger partial charge is 0.391 e. The number of alkyl halides is 3. The number of imidazole rings is 1. The molecule has 6 nitrogen and oxygen atoms in total. The van der Waals surface area contributed by atoms with E-state index < -0.39 is 18.6 Å². The minimum absolute atomic E-state index is 0.0524. The van der Waals surface area contributed by atoms with Crippen LogP contribution in [0.4, 0.5) is 13.2 Å². The van der Waals surface area contributed by atoms with Crippen LogP contribution in [0.5, 0.6) is 5.75 Å². The van der Waals surface area contributed by atoms with Crippen molar-refractivity contribution in [3.8, 4) is 11.4 Å². The van der Waals surface area contributed by atoms with Gasteiger partial charge in [0.2, 0.25) is 0 Å². The van der Waals surface area contributed by atoms with Crippen LogP contribution in [0.2, 0.25) is 0 Å². The van der Waals surface area contributed by atoms with Gasteiger partial charge < -0.3 is 19.0 Å².